The lowest BCUT2D eigenvalue weighted by Crippen LogP contribution is -2.39. The summed E-state index contributed by atoms with van der Waals surface area (Å²) in [7, 11) is 1.61. The maximum atomic E-state index is 12.5. The second kappa shape index (κ2) is 8.59. The molecule has 1 atom stereocenters. The summed E-state index contributed by atoms with van der Waals surface area (Å²) in [5.41, 5.74) is 8.30. The minimum absolute atomic E-state index is 0.239. The van der Waals surface area contributed by atoms with E-state index in [4.69, 9.17) is 10.8 Å². The van der Waals surface area contributed by atoms with Gasteiger partial charge in [-0.05, 0) is 35.9 Å². The molecule has 0 saturated heterocycles. The fourth-order valence-electron chi connectivity index (χ4n) is 3.21. The van der Waals surface area contributed by atoms with E-state index in [1.807, 2.05) is 12.1 Å². The molecule has 1 aromatic carbocycles. The molecule has 29 heavy (non-hydrogen) atoms. The lowest BCUT2D eigenvalue weighted by atomic mass is 10.1. The lowest BCUT2D eigenvalue weighted by molar-refractivity contribution is -0.141. The van der Waals surface area contributed by atoms with Gasteiger partial charge in [0.1, 0.15) is 11.9 Å². The van der Waals surface area contributed by atoms with E-state index in [2.05, 4.69) is 15.6 Å². The topological polar surface area (TPSA) is 138 Å². The Labute approximate surface area is 167 Å². The summed E-state index contributed by atoms with van der Waals surface area (Å²) in [5.74, 6) is -1.16. The summed E-state index contributed by atoms with van der Waals surface area (Å²) in [4.78, 5) is 41.6. The summed E-state index contributed by atoms with van der Waals surface area (Å²) >= 11 is 0. The van der Waals surface area contributed by atoms with Crippen molar-refractivity contribution in [2.24, 2.45) is 0 Å². The first-order valence-corrected chi connectivity index (χ1v) is 9.19. The molecule has 0 saturated carbocycles. The number of hydrogen-bond donors (Lipinski definition) is 4. The van der Waals surface area contributed by atoms with E-state index in [1.165, 1.54) is 4.90 Å². The number of hydrogen-bond acceptors (Lipinski definition) is 6. The molecule has 0 fully saturated rings. The van der Waals surface area contributed by atoms with Gasteiger partial charge in [-0.15, -0.1) is 0 Å². The largest absolute Gasteiger partial charge is 0.481 e. The number of likely N-dealkylation sites (N-methyl/N-ethyl adjacent to an activating group) is 1. The summed E-state index contributed by atoms with van der Waals surface area (Å²) in [6, 6.07) is 9.58. The number of rotatable bonds is 6. The Morgan fingerprint density at radius 1 is 1.34 bits per heavy atom. The van der Waals surface area contributed by atoms with Crippen molar-refractivity contribution in [1.29, 1.82) is 0 Å². The molecule has 152 valence electrons. The van der Waals surface area contributed by atoms with Gasteiger partial charge in [0.25, 0.3) is 5.91 Å². The van der Waals surface area contributed by atoms with Crippen molar-refractivity contribution in [3.63, 3.8) is 0 Å². The summed E-state index contributed by atoms with van der Waals surface area (Å²) < 4.78 is 0. The van der Waals surface area contributed by atoms with Crippen molar-refractivity contribution in [3.8, 4) is 0 Å². The van der Waals surface area contributed by atoms with Crippen molar-refractivity contribution < 1.29 is 19.5 Å². The van der Waals surface area contributed by atoms with Gasteiger partial charge in [-0.25, -0.2) is 4.98 Å². The number of benzene rings is 1. The normalized spacial score (nSPS) is 15.8. The first-order chi connectivity index (χ1) is 13.8. The number of nitrogens with two attached hydrogens (primary N) is 1. The number of anilines is 2. The number of pyridine rings is 1. The van der Waals surface area contributed by atoms with Crippen LogP contribution in [-0.2, 0) is 22.6 Å². The molecule has 2 amide bonds. The quantitative estimate of drug-likeness (QED) is 0.567. The molecule has 2 aromatic rings. The van der Waals surface area contributed by atoms with Gasteiger partial charge in [-0.2, -0.15) is 0 Å². The van der Waals surface area contributed by atoms with Crippen molar-refractivity contribution in [2.75, 3.05) is 24.6 Å². The van der Waals surface area contributed by atoms with Crippen LogP contribution in [0.4, 0.5) is 11.5 Å². The molecule has 0 aliphatic carbocycles. The molecule has 0 unspecified atom stereocenters. The van der Waals surface area contributed by atoms with E-state index in [9.17, 15) is 14.4 Å². The number of aromatic nitrogens is 1. The van der Waals surface area contributed by atoms with Crippen LogP contribution in [0.2, 0.25) is 0 Å². The van der Waals surface area contributed by atoms with Crippen molar-refractivity contribution in [1.82, 2.24) is 15.2 Å². The number of nitrogen functional groups attached to an aromatic ring is 1. The standard InChI is InChI=1S/C20H23N5O4/c1-25-11-13-9-12(5-6-15(13)24-16(20(25)29)10-18(26)27)19(28)22-8-7-14-3-2-4-17(21)23-14/h2-6,9,16,24H,7-8,10-11H2,1H3,(H2,21,23)(H,22,28)(H,26,27)/t16-/m0/s1. The maximum Gasteiger partial charge on any atom is 0.305 e. The van der Waals surface area contributed by atoms with Gasteiger partial charge in [-0.1, -0.05) is 6.07 Å². The fraction of sp³-hybridized carbons (Fsp3) is 0.300. The molecule has 1 aromatic heterocycles. The van der Waals surface area contributed by atoms with Gasteiger partial charge in [0.2, 0.25) is 5.91 Å². The molecule has 1 aliphatic rings. The van der Waals surface area contributed by atoms with Gasteiger partial charge in [0.05, 0.1) is 6.42 Å². The lowest BCUT2D eigenvalue weighted by Gasteiger charge is -2.19. The number of carboxylic acids is 1. The molecule has 9 nitrogen and oxygen atoms in total. The monoisotopic (exact) mass is 397 g/mol. The predicted octanol–water partition coefficient (Wildman–Crippen LogP) is 0.863. The molecule has 0 radical (unpaired) electrons. The highest BCUT2D eigenvalue weighted by molar-refractivity contribution is 5.95. The second-order valence-corrected chi connectivity index (χ2v) is 6.92. The average Bonchev–Trinajstić information content (AvgIpc) is 2.78. The molecular formula is C20H23N5O4. The molecule has 1 aliphatic heterocycles. The zero-order chi connectivity index (χ0) is 21.0. The van der Waals surface area contributed by atoms with Crippen LogP contribution in [0.1, 0.15) is 28.0 Å². The van der Waals surface area contributed by atoms with Crippen LogP contribution in [0.5, 0.6) is 0 Å². The number of nitrogens with one attached hydrogen (secondary N) is 2. The Bertz CT molecular complexity index is 946. The van der Waals surface area contributed by atoms with Gasteiger partial charge in [0.15, 0.2) is 0 Å². The van der Waals surface area contributed by atoms with Crippen molar-refractivity contribution in [2.45, 2.75) is 25.4 Å². The number of carboxylic acid groups (broad SMARTS) is 1. The van der Waals surface area contributed by atoms with E-state index in [-0.39, 0.29) is 24.8 Å². The Balaban J connectivity index is 1.68. The van der Waals surface area contributed by atoms with E-state index in [0.717, 1.165) is 11.3 Å². The van der Waals surface area contributed by atoms with E-state index in [1.54, 1.807) is 31.3 Å². The number of carbonyl (C=O) groups excluding carboxylic acids is 2. The molecule has 0 spiro atoms. The highest BCUT2D eigenvalue weighted by Gasteiger charge is 2.29. The van der Waals surface area contributed by atoms with Crippen molar-refractivity contribution >= 4 is 29.3 Å². The van der Waals surface area contributed by atoms with E-state index >= 15 is 0 Å². The SMILES string of the molecule is CN1Cc2cc(C(=O)NCCc3cccc(N)n3)ccc2N[C@@H](CC(=O)O)C1=O. The van der Waals surface area contributed by atoms with Crippen LogP contribution in [0.15, 0.2) is 36.4 Å². The highest BCUT2D eigenvalue weighted by atomic mass is 16.4. The first-order valence-electron chi connectivity index (χ1n) is 9.19. The van der Waals surface area contributed by atoms with Gasteiger partial charge >= 0.3 is 5.97 Å². The second-order valence-electron chi connectivity index (χ2n) is 6.92. The van der Waals surface area contributed by atoms with Gasteiger partial charge < -0.3 is 26.4 Å². The number of amides is 2. The molecule has 2 heterocycles. The van der Waals surface area contributed by atoms with Crippen LogP contribution >= 0.6 is 0 Å². The minimum Gasteiger partial charge on any atom is -0.481 e. The summed E-state index contributed by atoms with van der Waals surface area (Å²) in [5, 5.41) is 14.9. The Kier molecular flexibility index (Phi) is 5.96. The molecule has 9 heteroatoms. The number of carbonyl (C=O) groups is 3. The Morgan fingerprint density at radius 2 is 2.14 bits per heavy atom. The summed E-state index contributed by atoms with van der Waals surface area (Å²) in [6.45, 7) is 0.690. The third-order valence-electron chi connectivity index (χ3n) is 4.65. The summed E-state index contributed by atoms with van der Waals surface area (Å²) in [6.07, 6.45) is 0.236. The van der Waals surface area contributed by atoms with Crippen molar-refractivity contribution in [3.05, 3.63) is 53.2 Å². The predicted molar refractivity (Wildman–Crippen MR) is 107 cm³/mol. The maximum absolute atomic E-state index is 12.5. The third kappa shape index (κ3) is 5.01. The smallest absolute Gasteiger partial charge is 0.305 e. The molecular weight excluding hydrogens is 374 g/mol. The Hall–Kier alpha value is -3.62. The minimum atomic E-state index is -1.06. The van der Waals surface area contributed by atoms with E-state index in [0.29, 0.717) is 30.0 Å². The van der Waals surface area contributed by atoms with Crippen LogP contribution in [0, 0.1) is 0 Å². The third-order valence-corrected chi connectivity index (χ3v) is 4.65. The molecule has 3 rings (SSSR count). The first kappa shape index (κ1) is 20.1. The fourth-order valence-corrected chi connectivity index (χ4v) is 3.21. The van der Waals surface area contributed by atoms with Crippen LogP contribution in [0.25, 0.3) is 0 Å². The number of nitrogens with zero attached hydrogens (tertiary/aromatic N) is 2. The average molecular weight is 397 g/mol. The van der Waals surface area contributed by atoms with E-state index < -0.39 is 12.0 Å². The number of aliphatic carboxylic acids is 1. The molecule has 5 N–H and O–H groups in total. The molecule has 0 bridgehead atoms. The Morgan fingerprint density at radius 3 is 2.86 bits per heavy atom. The zero-order valence-electron chi connectivity index (χ0n) is 16.0. The van der Waals surface area contributed by atoms with Crippen LogP contribution in [-0.4, -0.2) is 52.4 Å². The highest BCUT2D eigenvalue weighted by Crippen LogP contribution is 2.24. The van der Waals surface area contributed by atoms with Gasteiger partial charge in [-0.3, -0.25) is 14.4 Å². The van der Waals surface area contributed by atoms with Gasteiger partial charge in [0, 0.05) is 43.5 Å². The zero-order valence-corrected chi connectivity index (χ0v) is 16.0. The number of fused-ring (bicyclic) bond motifs is 1. The van der Waals surface area contributed by atoms with Crippen LogP contribution in [0.3, 0.4) is 0 Å². The van der Waals surface area contributed by atoms with Crippen LogP contribution < -0.4 is 16.4 Å².